The van der Waals surface area contributed by atoms with Crippen LogP contribution in [0.25, 0.3) is 0 Å². The largest absolute Gasteiger partial charge is 0.482 e. The van der Waals surface area contributed by atoms with Crippen LogP contribution in [0.3, 0.4) is 0 Å². The third-order valence-electron chi connectivity index (χ3n) is 1.45. The Bertz CT molecular complexity index is 223. The zero-order valence-electron chi connectivity index (χ0n) is 5.93. The van der Waals surface area contributed by atoms with Crippen LogP contribution in [0.4, 0.5) is 0 Å². The Morgan fingerprint density at radius 3 is 2.64 bits per heavy atom. The molecule has 11 heavy (non-hydrogen) atoms. The molecule has 0 atom stereocenters. The van der Waals surface area contributed by atoms with Crippen LogP contribution in [-0.4, -0.2) is 29.3 Å². The van der Waals surface area contributed by atoms with Crippen molar-refractivity contribution in [2.45, 2.75) is 6.10 Å². The van der Waals surface area contributed by atoms with E-state index in [1.165, 1.54) is 6.33 Å². The van der Waals surface area contributed by atoms with Crippen LogP contribution in [0.5, 0.6) is 5.75 Å². The summed E-state index contributed by atoms with van der Waals surface area (Å²) in [7, 11) is 0. The van der Waals surface area contributed by atoms with Crippen LogP contribution in [0.1, 0.15) is 0 Å². The highest BCUT2D eigenvalue weighted by molar-refractivity contribution is 5.10. The molecule has 0 spiro atoms. The second-order valence-electron chi connectivity index (χ2n) is 2.35. The first-order chi connectivity index (χ1) is 5.45. The quantitative estimate of drug-likeness (QED) is 0.609. The number of aromatic nitrogens is 2. The third-order valence-corrected chi connectivity index (χ3v) is 1.45. The fraction of sp³-hybridized carbons (Fsp3) is 0.429. The van der Waals surface area contributed by atoms with E-state index in [9.17, 15) is 0 Å². The van der Waals surface area contributed by atoms with Crippen LogP contribution in [0, 0.1) is 0 Å². The smallest absolute Gasteiger partial charge is 0.156 e. The number of nitrogens with zero attached hydrogens (tertiary/aromatic N) is 2. The summed E-state index contributed by atoms with van der Waals surface area (Å²) in [5.41, 5.74) is 0. The molecule has 4 heteroatoms. The molecule has 0 bridgehead atoms. The van der Waals surface area contributed by atoms with Gasteiger partial charge in [0.2, 0.25) is 0 Å². The average molecular weight is 152 g/mol. The van der Waals surface area contributed by atoms with E-state index in [4.69, 9.17) is 9.47 Å². The van der Waals surface area contributed by atoms with E-state index in [0.717, 1.165) is 0 Å². The van der Waals surface area contributed by atoms with E-state index in [2.05, 4.69) is 9.97 Å². The first-order valence-corrected chi connectivity index (χ1v) is 3.44. The monoisotopic (exact) mass is 152 g/mol. The summed E-state index contributed by atoms with van der Waals surface area (Å²) >= 11 is 0. The van der Waals surface area contributed by atoms with Gasteiger partial charge in [0, 0.05) is 0 Å². The first kappa shape index (κ1) is 6.54. The summed E-state index contributed by atoms with van der Waals surface area (Å²) in [5, 5.41) is 0. The van der Waals surface area contributed by atoms with Crippen molar-refractivity contribution in [1.29, 1.82) is 0 Å². The van der Waals surface area contributed by atoms with Gasteiger partial charge >= 0.3 is 0 Å². The molecular formula is C7H8N2O2. The molecule has 1 aromatic heterocycles. The third kappa shape index (κ3) is 1.46. The molecule has 0 saturated carbocycles. The van der Waals surface area contributed by atoms with Crippen molar-refractivity contribution in [3.05, 3.63) is 18.7 Å². The molecule has 1 saturated heterocycles. The number of hydrogen-bond donors (Lipinski definition) is 0. The summed E-state index contributed by atoms with van der Waals surface area (Å²) in [6, 6.07) is 0. The molecule has 0 radical (unpaired) electrons. The summed E-state index contributed by atoms with van der Waals surface area (Å²) in [6.45, 7) is 1.35. The van der Waals surface area contributed by atoms with Gasteiger partial charge in [0.1, 0.15) is 12.4 Å². The summed E-state index contributed by atoms with van der Waals surface area (Å²) in [6.07, 6.45) is 4.96. The summed E-state index contributed by atoms with van der Waals surface area (Å²) in [4.78, 5) is 7.64. The lowest BCUT2D eigenvalue weighted by molar-refractivity contribution is -0.0799. The van der Waals surface area contributed by atoms with Gasteiger partial charge in [0.15, 0.2) is 5.75 Å². The Hall–Kier alpha value is -1.16. The minimum atomic E-state index is 0.195. The lowest BCUT2D eigenvalue weighted by atomic mass is 10.3. The topological polar surface area (TPSA) is 44.2 Å². The van der Waals surface area contributed by atoms with E-state index in [0.29, 0.717) is 19.0 Å². The van der Waals surface area contributed by atoms with Gasteiger partial charge in [-0.2, -0.15) is 0 Å². The highest BCUT2D eigenvalue weighted by Crippen LogP contribution is 2.12. The normalized spacial score (nSPS) is 17.5. The molecule has 1 fully saturated rings. The maximum atomic E-state index is 5.40. The van der Waals surface area contributed by atoms with E-state index >= 15 is 0 Å². The maximum Gasteiger partial charge on any atom is 0.156 e. The molecular weight excluding hydrogens is 144 g/mol. The molecule has 1 aliphatic rings. The van der Waals surface area contributed by atoms with E-state index in [-0.39, 0.29) is 6.10 Å². The van der Waals surface area contributed by atoms with E-state index in [1.807, 2.05) is 0 Å². The SMILES string of the molecule is c1ncc(OC2COC2)cn1. The molecule has 2 heterocycles. The zero-order chi connectivity index (χ0) is 7.52. The van der Waals surface area contributed by atoms with Crippen molar-refractivity contribution < 1.29 is 9.47 Å². The van der Waals surface area contributed by atoms with Crippen molar-refractivity contribution in [3.63, 3.8) is 0 Å². The minimum absolute atomic E-state index is 0.195. The van der Waals surface area contributed by atoms with Crippen LogP contribution in [0.2, 0.25) is 0 Å². The number of rotatable bonds is 2. The second-order valence-corrected chi connectivity index (χ2v) is 2.35. The lowest BCUT2D eigenvalue weighted by Crippen LogP contribution is -2.38. The van der Waals surface area contributed by atoms with Gasteiger partial charge in [-0.15, -0.1) is 0 Å². The number of hydrogen-bond acceptors (Lipinski definition) is 4. The van der Waals surface area contributed by atoms with Gasteiger partial charge in [0.05, 0.1) is 25.6 Å². The Balaban J connectivity index is 1.95. The van der Waals surface area contributed by atoms with E-state index < -0.39 is 0 Å². The van der Waals surface area contributed by atoms with Gasteiger partial charge in [0.25, 0.3) is 0 Å². The Morgan fingerprint density at radius 2 is 2.09 bits per heavy atom. The van der Waals surface area contributed by atoms with E-state index in [1.54, 1.807) is 12.4 Å². The maximum absolute atomic E-state index is 5.40. The second kappa shape index (κ2) is 2.84. The zero-order valence-corrected chi connectivity index (χ0v) is 5.93. The van der Waals surface area contributed by atoms with Crippen molar-refractivity contribution in [1.82, 2.24) is 9.97 Å². The summed E-state index contributed by atoms with van der Waals surface area (Å²) in [5.74, 6) is 0.709. The molecule has 1 aliphatic heterocycles. The Morgan fingerprint density at radius 1 is 1.36 bits per heavy atom. The summed E-state index contributed by atoms with van der Waals surface area (Å²) < 4.78 is 10.3. The molecule has 0 aromatic carbocycles. The predicted octanol–water partition coefficient (Wildman–Crippen LogP) is 0.254. The highest BCUT2D eigenvalue weighted by Gasteiger charge is 2.19. The van der Waals surface area contributed by atoms with Crippen LogP contribution in [-0.2, 0) is 4.74 Å². The van der Waals surface area contributed by atoms with Gasteiger partial charge in [-0.25, -0.2) is 9.97 Å². The molecule has 2 rings (SSSR count). The molecule has 1 aromatic rings. The molecule has 0 amide bonds. The first-order valence-electron chi connectivity index (χ1n) is 3.44. The van der Waals surface area contributed by atoms with Gasteiger partial charge in [-0.3, -0.25) is 0 Å². The van der Waals surface area contributed by atoms with Crippen LogP contribution < -0.4 is 4.74 Å². The van der Waals surface area contributed by atoms with Crippen molar-refractivity contribution in [3.8, 4) is 5.75 Å². The van der Waals surface area contributed by atoms with Crippen molar-refractivity contribution >= 4 is 0 Å². The van der Waals surface area contributed by atoms with Crippen LogP contribution in [0.15, 0.2) is 18.7 Å². The van der Waals surface area contributed by atoms with Gasteiger partial charge in [-0.1, -0.05) is 0 Å². The standard InChI is InChI=1S/C7H8N2O2/c1-6(2-9-5-8-1)11-7-3-10-4-7/h1-2,5,7H,3-4H2. The van der Waals surface area contributed by atoms with Crippen molar-refractivity contribution in [2.24, 2.45) is 0 Å². The van der Waals surface area contributed by atoms with Gasteiger partial charge in [-0.05, 0) is 0 Å². The average Bonchev–Trinajstić information content (AvgIpc) is 1.99. The van der Waals surface area contributed by atoms with Crippen molar-refractivity contribution in [2.75, 3.05) is 13.2 Å². The molecule has 58 valence electrons. The number of ether oxygens (including phenoxy) is 2. The fourth-order valence-corrected chi connectivity index (χ4v) is 0.821. The van der Waals surface area contributed by atoms with Gasteiger partial charge < -0.3 is 9.47 Å². The lowest BCUT2D eigenvalue weighted by Gasteiger charge is -2.26. The Labute approximate surface area is 64.2 Å². The predicted molar refractivity (Wildman–Crippen MR) is 37.3 cm³/mol. The van der Waals surface area contributed by atoms with Crippen LogP contribution >= 0.6 is 0 Å². The molecule has 4 nitrogen and oxygen atoms in total. The molecule has 0 unspecified atom stereocenters. The minimum Gasteiger partial charge on any atom is -0.482 e. The fourth-order valence-electron chi connectivity index (χ4n) is 0.821. The molecule has 0 N–H and O–H groups in total. The highest BCUT2D eigenvalue weighted by atomic mass is 16.6. The molecule has 0 aliphatic carbocycles. The Kier molecular flexibility index (Phi) is 1.69.